The average molecular weight is 269 g/mol. The van der Waals surface area contributed by atoms with Crippen molar-refractivity contribution in [3.05, 3.63) is 35.4 Å². The molecule has 1 atom stereocenters. The van der Waals surface area contributed by atoms with Crippen molar-refractivity contribution in [3.63, 3.8) is 0 Å². The summed E-state index contributed by atoms with van der Waals surface area (Å²) < 4.78 is 37.1. The van der Waals surface area contributed by atoms with Crippen LogP contribution in [-0.4, -0.2) is 17.8 Å². The van der Waals surface area contributed by atoms with Crippen LogP contribution in [0.4, 0.5) is 13.2 Å². The zero-order chi connectivity index (χ0) is 14.6. The summed E-state index contributed by atoms with van der Waals surface area (Å²) in [6, 6.07) is 4.29. The second-order valence-corrected chi connectivity index (χ2v) is 4.26. The Morgan fingerprint density at radius 3 is 2.32 bits per heavy atom. The van der Waals surface area contributed by atoms with Crippen LogP contribution in [-0.2, 0) is 17.4 Å². The van der Waals surface area contributed by atoms with Crippen LogP contribution in [0, 0.1) is 11.2 Å². The van der Waals surface area contributed by atoms with Gasteiger partial charge in [-0.05, 0) is 24.1 Å². The van der Waals surface area contributed by atoms with E-state index in [0.29, 0.717) is 5.56 Å². The molecule has 0 saturated heterocycles. The molecule has 1 N–H and O–H groups in total. The van der Waals surface area contributed by atoms with E-state index >= 15 is 0 Å². The zero-order valence-corrected chi connectivity index (χ0v) is 10.1. The lowest BCUT2D eigenvalue weighted by atomic mass is 9.43. The maximum Gasteiger partial charge on any atom is 0.416 e. The summed E-state index contributed by atoms with van der Waals surface area (Å²) >= 11 is 0. The summed E-state index contributed by atoms with van der Waals surface area (Å²) in [4.78, 5) is 11.0. The molecule has 1 rings (SSSR count). The number of nitriles is 1. The van der Waals surface area contributed by atoms with Crippen LogP contribution in [0.2, 0.25) is 12.6 Å². The Bertz CT molecular complexity index is 493. The number of nitrogens with zero attached hydrogens (tertiary/aromatic N) is 1. The Balaban J connectivity index is 2.88. The first-order valence-electron chi connectivity index (χ1n) is 5.54. The lowest BCUT2D eigenvalue weighted by Crippen LogP contribution is -2.25. The minimum atomic E-state index is -4.41. The maximum absolute atomic E-state index is 12.4. The maximum atomic E-state index is 12.4. The van der Waals surface area contributed by atoms with Crippen molar-refractivity contribution in [3.8, 4) is 5.97 Å². The monoisotopic (exact) mass is 269 g/mol. The Morgan fingerprint density at radius 1 is 1.42 bits per heavy atom. The summed E-state index contributed by atoms with van der Waals surface area (Å²) in [6.07, 6.45) is -4.38. The number of carboxylic acids is 1. The van der Waals surface area contributed by atoms with Crippen LogP contribution in [0.25, 0.3) is 0 Å². The predicted octanol–water partition coefficient (Wildman–Crippen LogP) is 2.89. The molecule has 1 aromatic rings. The first-order valence-corrected chi connectivity index (χ1v) is 5.54. The Hall–Kier alpha value is -1.97. The number of benzene rings is 1. The van der Waals surface area contributed by atoms with Crippen molar-refractivity contribution in [1.29, 1.82) is 5.26 Å². The minimum Gasteiger partial charge on any atom is -0.481 e. The van der Waals surface area contributed by atoms with E-state index in [0.717, 1.165) is 12.1 Å². The molecule has 0 aliphatic carbocycles. The third-order valence-electron chi connectivity index (χ3n) is 2.86. The summed E-state index contributed by atoms with van der Waals surface area (Å²) in [7, 11) is 0. The standard InChI is InChI=1S/C12H11BF3NO2/c1-13(7-17)10(11(18)19)6-8-2-4-9(5-3-8)12(14,15)16/h2-5,10H,6H2,1H3,(H,18,19). The van der Waals surface area contributed by atoms with E-state index in [9.17, 15) is 18.0 Å². The largest absolute Gasteiger partial charge is 0.481 e. The summed E-state index contributed by atoms with van der Waals surface area (Å²) in [5, 5.41) is 17.7. The molecule has 0 amide bonds. The molecule has 100 valence electrons. The highest BCUT2D eigenvalue weighted by molar-refractivity contribution is 6.70. The van der Waals surface area contributed by atoms with E-state index in [1.807, 2.05) is 5.97 Å². The second kappa shape index (κ2) is 5.78. The highest BCUT2D eigenvalue weighted by Crippen LogP contribution is 2.29. The Labute approximate surface area is 108 Å². The van der Waals surface area contributed by atoms with E-state index in [1.54, 1.807) is 0 Å². The van der Waals surface area contributed by atoms with Gasteiger partial charge in [-0.1, -0.05) is 19.0 Å². The van der Waals surface area contributed by atoms with Crippen LogP contribution in [0.1, 0.15) is 11.1 Å². The fourth-order valence-electron chi connectivity index (χ4n) is 1.65. The first kappa shape index (κ1) is 15.1. The molecule has 0 aliphatic rings. The smallest absolute Gasteiger partial charge is 0.416 e. The number of carbonyl (C=O) groups is 1. The topological polar surface area (TPSA) is 61.1 Å². The first-order chi connectivity index (χ1) is 8.75. The molecule has 0 heterocycles. The van der Waals surface area contributed by atoms with Crippen molar-refractivity contribution in [2.75, 3.05) is 0 Å². The van der Waals surface area contributed by atoms with Crippen LogP contribution < -0.4 is 0 Å². The summed E-state index contributed by atoms with van der Waals surface area (Å²) in [5.41, 5.74) is -0.320. The molecule has 19 heavy (non-hydrogen) atoms. The molecular weight excluding hydrogens is 258 g/mol. The van der Waals surface area contributed by atoms with Gasteiger partial charge in [0.1, 0.15) is 0 Å². The normalized spacial score (nSPS) is 12.6. The number of aliphatic carboxylic acids is 1. The van der Waals surface area contributed by atoms with E-state index in [4.69, 9.17) is 10.4 Å². The summed E-state index contributed by atoms with van der Waals surface area (Å²) in [6.45, 7) is 0.767. The van der Waals surface area contributed by atoms with Crippen molar-refractivity contribution in [1.82, 2.24) is 0 Å². The van der Waals surface area contributed by atoms with E-state index in [1.165, 1.54) is 19.0 Å². The van der Waals surface area contributed by atoms with E-state index in [-0.39, 0.29) is 6.42 Å². The van der Waals surface area contributed by atoms with Gasteiger partial charge in [0, 0.05) is 5.97 Å². The number of carboxylic acid groups (broad SMARTS) is 1. The van der Waals surface area contributed by atoms with Gasteiger partial charge in [-0.15, -0.1) is 0 Å². The molecule has 0 aromatic heterocycles. The van der Waals surface area contributed by atoms with Gasteiger partial charge >= 0.3 is 12.1 Å². The third kappa shape index (κ3) is 4.02. The minimum absolute atomic E-state index is 0.0300. The van der Waals surface area contributed by atoms with Gasteiger partial charge in [0.25, 0.3) is 6.71 Å². The van der Waals surface area contributed by atoms with Crippen LogP contribution in [0.15, 0.2) is 24.3 Å². The second-order valence-electron chi connectivity index (χ2n) is 4.26. The third-order valence-corrected chi connectivity index (χ3v) is 2.86. The van der Waals surface area contributed by atoms with Crippen molar-refractivity contribution >= 4 is 12.7 Å². The SMILES string of the molecule is CB(C#N)C(Cc1ccc(C(F)(F)F)cc1)C(=O)O. The Morgan fingerprint density at radius 2 is 1.95 bits per heavy atom. The average Bonchev–Trinajstić information content (AvgIpc) is 2.34. The van der Waals surface area contributed by atoms with Crippen molar-refractivity contribution in [2.45, 2.75) is 25.2 Å². The molecule has 7 heteroatoms. The molecule has 3 nitrogen and oxygen atoms in total. The fourth-order valence-corrected chi connectivity index (χ4v) is 1.65. The molecule has 1 aromatic carbocycles. The Kier molecular flexibility index (Phi) is 4.59. The molecule has 0 saturated carbocycles. The van der Waals surface area contributed by atoms with Gasteiger partial charge in [-0.2, -0.15) is 13.2 Å². The zero-order valence-electron chi connectivity index (χ0n) is 10.1. The number of hydrogen-bond donors (Lipinski definition) is 1. The quantitative estimate of drug-likeness (QED) is 0.855. The highest BCUT2D eigenvalue weighted by atomic mass is 19.4. The molecule has 0 aliphatic heterocycles. The fraction of sp³-hybridized carbons (Fsp3) is 0.333. The van der Waals surface area contributed by atoms with Crippen LogP contribution in [0.5, 0.6) is 0 Å². The molecule has 0 bridgehead atoms. The van der Waals surface area contributed by atoms with Gasteiger partial charge < -0.3 is 5.11 Å². The highest BCUT2D eigenvalue weighted by Gasteiger charge is 2.31. The molecule has 0 spiro atoms. The van der Waals surface area contributed by atoms with Gasteiger partial charge in [0.05, 0.1) is 11.4 Å². The number of alkyl halides is 3. The predicted molar refractivity (Wildman–Crippen MR) is 63.8 cm³/mol. The van der Waals surface area contributed by atoms with Gasteiger partial charge in [0.15, 0.2) is 0 Å². The lowest BCUT2D eigenvalue weighted by Gasteiger charge is -2.13. The lowest BCUT2D eigenvalue weighted by molar-refractivity contribution is -0.138. The van der Waals surface area contributed by atoms with Gasteiger partial charge in [-0.3, -0.25) is 4.79 Å². The van der Waals surface area contributed by atoms with Gasteiger partial charge in [0.2, 0.25) is 0 Å². The summed E-state index contributed by atoms with van der Waals surface area (Å²) in [5.74, 6) is -0.218. The molecule has 1 unspecified atom stereocenters. The van der Waals surface area contributed by atoms with Gasteiger partial charge in [-0.25, -0.2) is 5.26 Å². The number of rotatable bonds is 4. The van der Waals surface area contributed by atoms with E-state index in [2.05, 4.69) is 0 Å². The van der Waals surface area contributed by atoms with Crippen molar-refractivity contribution in [2.24, 2.45) is 0 Å². The molecule has 0 radical (unpaired) electrons. The molecule has 0 fully saturated rings. The number of hydrogen-bond acceptors (Lipinski definition) is 2. The van der Waals surface area contributed by atoms with E-state index < -0.39 is 30.2 Å². The molecular formula is C12H11BF3NO2. The van der Waals surface area contributed by atoms with Crippen molar-refractivity contribution < 1.29 is 23.1 Å². The number of halogens is 3. The van der Waals surface area contributed by atoms with Crippen LogP contribution in [0.3, 0.4) is 0 Å². The van der Waals surface area contributed by atoms with Crippen LogP contribution >= 0.6 is 0 Å².